The molecule has 1 rings (SSSR count). The van der Waals surface area contributed by atoms with E-state index in [0.29, 0.717) is 0 Å². The Labute approximate surface area is 115 Å². The van der Waals surface area contributed by atoms with Crippen LogP contribution >= 0.6 is 11.6 Å². The maximum Gasteiger partial charge on any atom is 0.0643 e. The summed E-state index contributed by atoms with van der Waals surface area (Å²) < 4.78 is 0. The summed E-state index contributed by atoms with van der Waals surface area (Å²) in [5, 5.41) is 0.738. The molecular formula is C15H23ClN2. The fourth-order valence-corrected chi connectivity index (χ4v) is 2.18. The molecule has 3 heteroatoms. The summed E-state index contributed by atoms with van der Waals surface area (Å²) in [7, 11) is 0. The Morgan fingerprint density at radius 2 is 2.06 bits per heavy atom. The molecule has 0 bridgehead atoms. The van der Waals surface area contributed by atoms with Gasteiger partial charge in [-0.3, -0.25) is 0 Å². The summed E-state index contributed by atoms with van der Waals surface area (Å²) in [6.45, 7) is 13.0. The number of rotatable bonds is 4. The molecule has 0 spiro atoms. The van der Waals surface area contributed by atoms with Crippen molar-refractivity contribution in [2.45, 2.75) is 39.3 Å². The Balaban J connectivity index is 3.18. The lowest BCUT2D eigenvalue weighted by molar-refractivity contribution is 0.522. The van der Waals surface area contributed by atoms with Crippen LogP contribution in [0.2, 0.25) is 5.02 Å². The largest absolute Gasteiger partial charge is 0.362 e. The third kappa shape index (κ3) is 3.50. The van der Waals surface area contributed by atoms with Crippen LogP contribution in [-0.4, -0.2) is 12.1 Å². The molecule has 18 heavy (non-hydrogen) atoms. The van der Waals surface area contributed by atoms with Crippen molar-refractivity contribution in [2.75, 3.05) is 11.4 Å². The van der Waals surface area contributed by atoms with Crippen LogP contribution in [0.5, 0.6) is 0 Å². The van der Waals surface area contributed by atoms with Gasteiger partial charge in [0.1, 0.15) is 0 Å². The SMILES string of the molecule is C=CCN(c1ccc([C@@H](C)N)cc1Cl)C(C)(C)C. The molecule has 2 nitrogen and oxygen atoms in total. The van der Waals surface area contributed by atoms with Gasteiger partial charge in [-0.05, 0) is 45.4 Å². The zero-order valence-electron chi connectivity index (χ0n) is 11.7. The topological polar surface area (TPSA) is 29.3 Å². The van der Waals surface area contributed by atoms with Crippen LogP contribution in [0.3, 0.4) is 0 Å². The Hall–Kier alpha value is -0.990. The normalized spacial score (nSPS) is 13.2. The van der Waals surface area contributed by atoms with E-state index in [9.17, 15) is 0 Å². The first kappa shape index (κ1) is 15.1. The third-order valence-corrected chi connectivity index (χ3v) is 3.21. The van der Waals surface area contributed by atoms with Crippen LogP contribution in [0.25, 0.3) is 0 Å². The lowest BCUT2D eigenvalue weighted by Crippen LogP contribution is -2.41. The fraction of sp³-hybridized carbons (Fsp3) is 0.467. The summed E-state index contributed by atoms with van der Waals surface area (Å²) in [4.78, 5) is 2.23. The van der Waals surface area contributed by atoms with Crippen molar-refractivity contribution in [3.63, 3.8) is 0 Å². The molecule has 0 fully saturated rings. The molecule has 0 amide bonds. The maximum atomic E-state index is 6.38. The smallest absolute Gasteiger partial charge is 0.0643 e. The van der Waals surface area contributed by atoms with E-state index < -0.39 is 0 Å². The van der Waals surface area contributed by atoms with Crippen molar-refractivity contribution in [2.24, 2.45) is 5.73 Å². The minimum absolute atomic E-state index is 0.000888. The van der Waals surface area contributed by atoms with Gasteiger partial charge < -0.3 is 10.6 Å². The van der Waals surface area contributed by atoms with E-state index in [0.717, 1.165) is 22.8 Å². The number of nitrogens with two attached hydrogens (primary N) is 1. The van der Waals surface area contributed by atoms with E-state index in [4.69, 9.17) is 17.3 Å². The predicted octanol–water partition coefficient (Wildman–Crippen LogP) is 4.15. The first-order valence-corrected chi connectivity index (χ1v) is 6.58. The molecule has 1 aromatic carbocycles. The van der Waals surface area contributed by atoms with Crippen LogP contribution < -0.4 is 10.6 Å². The van der Waals surface area contributed by atoms with Gasteiger partial charge in [0.2, 0.25) is 0 Å². The Kier molecular flexibility index (Phi) is 4.83. The van der Waals surface area contributed by atoms with Crippen LogP contribution in [0.4, 0.5) is 5.69 Å². The van der Waals surface area contributed by atoms with E-state index in [2.05, 4.69) is 32.3 Å². The molecule has 1 atom stereocenters. The van der Waals surface area contributed by atoms with Gasteiger partial charge in [0, 0.05) is 18.1 Å². The Morgan fingerprint density at radius 3 is 2.44 bits per heavy atom. The van der Waals surface area contributed by atoms with Crippen molar-refractivity contribution in [3.05, 3.63) is 41.4 Å². The molecule has 0 aliphatic carbocycles. The minimum Gasteiger partial charge on any atom is -0.362 e. The fourth-order valence-electron chi connectivity index (χ4n) is 1.89. The van der Waals surface area contributed by atoms with Crippen molar-refractivity contribution in [1.29, 1.82) is 0 Å². The van der Waals surface area contributed by atoms with Gasteiger partial charge in [0.25, 0.3) is 0 Å². The lowest BCUT2D eigenvalue weighted by atomic mass is 10.0. The van der Waals surface area contributed by atoms with Gasteiger partial charge in [-0.15, -0.1) is 6.58 Å². The monoisotopic (exact) mass is 266 g/mol. The van der Waals surface area contributed by atoms with Crippen molar-refractivity contribution >= 4 is 17.3 Å². The van der Waals surface area contributed by atoms with Gasteiger partial charge in [0.05, 0.1) is 10.7 Å². The highest BCUT2D eigenvalue weighted by Gasteiger charge is 2.22. The second kappa shape index (κ2) is 5.77. The molecule has 0 unspecified atom stereocenters. The van der Waals surface area contributed by atoms with Gasteiger partial charge >= 0.3 is 0 Å². The van der Waals surface area contributed by atoms with Crippen molar-refractivity contribution < 1.29 is 0 Å². The highest BCUT2D eigenvalue weighted by Crippen LogP contribution is 2.32. The zero-order valence-corrected chi connectivity index (χ0v) is 12.5. The summed E-state index contributed by atoms with van der Waals surface area (Å²) in [6.07, 6.45) is 1.89. The summed E-state index contributed by atoms with van der Waals surface area (Å²) >= 11 is 6.38. The Bertz CT molecular complexity index is 419. The minimum atomic E-state index is -0.00627. The number of hydrogen-bond acceptors (Lipinski definition) is 2. The molecule has 2 N–H and O–H groups in total. The third-order valence-electron chi connectivity index (χ3n) is 2.91. The average Bonchev–Trinajstić information content (AvgIpc) is 2.24. The van der Waals surface area contributed by atoms with Crippen LogP contribution in [-0.2, 0) is 0 Å². The van der Waals surface area contributed by atoms with Gasteiger partial charge in [-0.2, -0.15) is 0 Å². The molecule has 1 aromatic rings. The first-order chi connectivity index (χ1) is 8.27. The molecule has 0 aromatic heterocycles. The molecule has 0 aliphatic rings. The maximum absolute atomic E-state index is 6.38. The van der Waals surface area contributed by atoms with E-state index in [1.807, 2.05) is 31.2 Å². The molecule has 0 heterocycles. The molecule has 0 saturated carbocycles. The van der Waals surface area contributed by atoms with Gasteiger partial charge in [-0.25, -0.2) is 0 Å². The van der Waals surface area contributed by atoms with E-state index in [1.165, 1.54) is 0 Å². The standard InChI is InChI=1S/C15H23ClN2/c1-6-9-18(15(3,4)5)14-8-7-12(11(2)17)10-13(14)16/h6-8,10-11H,1,9,17H2,2-5H3/t11-/m1/s1. The lowest BCUT2D eigenvalue weighted by Gasteiger charge is -2.37. The van der Waals surface area contributed by atoms with Crippen molar-refractivity contribution in [3.8, 4) is 0 Å². The highest BCUT2D eigenvalue weighted by atomic mass is 35.5. The van der Waals surface area contributed by atoms with Crippen LogP contribution in [0.15, 0.2) is 30.9 Å². The van der Waals surface area contributed by atoms with E-state index in [1.54, 1.807) is 0 Å². The second-order valence-corrected chi connectivity index (χ2v) is 5.98. The van der Waals surface area contributed by atoms with Crippen molar-refractivity contribution in [1.82, 2.24) is 0 Å². The number of benzene rings is 1. The number of anilines is 1. The zero-order chi connectivity index (χ0) is 13.9. The highest BCUT2D eigenvalue weighted by molar-refractivity contribution is 6.33. The molecule has 0 radical (unpaired) electrons. The predicted molar refractivity (Wildman–Crippen MR) is 81.4 cm³/mol. The number of hydrogen-bond donors (Lipinski definition) is 1. The van der Waals surface area contributed by atoms with Crippen LogP contribution in [0.1, 0.15) is 39.3 Å². The summed E-state index contributed by atoms with van der Waals surface area (Å²) in [5.41, 5.74) is 7.93. The number of halogens is 1. The van der Waals surface area contributed by atoms with E-state index >= 15 is 0 Å². The van der Waals surface area contributed by atoms with Crippen LogP contribution in [0, 0.1) is 0 Å². The molecular weight excluding hydrogens is 244 g/mol. The molecule has 0 saturated heterocycles. The summed E-state index contributed by atoms with van der Waals surface area (Å²) in [5.74, 6) is 0. The van der Waals surface area contributed by atoms with Gasteiger partial charge in [0.15, 0.2) is 0 Å². The molecule has 100 valence electrons. The quantitative estimate of drug-likeness (QED) is 0.830. The second-order valence-electron chi connectivity index (χ2n) is 5.57. The average molecular weight is 267 g/mol. The summed E-state index contributed by atoms with van der Waals surface area (Å²) in [6, 6.07) is 6.02. The Morgan fingerprint density at radius 1 is 1.44 bits per heavy atom. The van der Waals surface area contributed by atoms with Gasteiger partial charge in [-0.1, -0.05) is 23.7 Å². The van der Waals surface area contributed by atoms with E-state index in [-0.39, 0.29) is 11.6 Å². The number of nitrogens with zero attached hydrogens (tertiary/aromatic N) is 1. The first-order valence-electron chi connectivity index (χ1n) is 6.21. The molecule has 0 aliphatic heterocycles.